The van der Waals surface area contributed by atoms with Crippen molar-refractivity contribution in [2.45, 2.75) is 38.3 Å². The lowest BCUT2D eigenvalue weighted by atomic mass is 9.77. The number of aromatic nitrogens is 6. The standard InChI is InChI=1S/C44H39N7/c1-2-3-23-42-46-40-29-28-37(45)30-41(40)50(42)31-32-24-26-33(27-25-32)38-21-13-14-22-39(38)43-47-49-51(48-43)44(34-15-7-4-8-16-34,35-17-9-5-10-18-35)36-19-11-6-12-20-36/h4-22,24-30H,2-3,23,31,45H2,1H3. The van der Waals surface area contributed by atoms with E-state index in [1.807, 2.05) is 42.5 Å². The molecule has 0 aliphatic rings. The first-order chi connectivity index (χ1) is 25.1. The fourth-order valence-corrected chi connectivity index (χ4v) is 7.14. The van der Waals surface area contributed by atoms with E-state index in [-0.39, 0.29) is 0 Å². The molecule has 51 heavy (non-hydrogen) atoms. The highest BCUT2D eigenvalue weighted by atomic mass is 15.6. The number of imidazole rings is 1. The number of benzene rings is 6. The van der Waals surface area contributed by atoms with Gasteiger partial charge >= 0.3 is 0 Å². The SMILES string of the molecule is CCCCc1nc2ccc(N)cc2n1Cc1ccc(-c2ccccc2-c2nnn(C(c3ccccc3)(c3ccccc3)c3ccccc3)n2)cc1. The number of fused-ring (bicyclic) bond motifs is 1. The van der Waals surface area contributed by atoms with Crippen LogP contribution >= 0.6 is 0 Å². The van der Waals surface area contributed by atoms with Crippen LogP contribution in [0.2, 0.25) is 0 Å². The number of nitrogen functional groups attached to an aromatic ring is 1. The Balaban J connectivity index is 1.18. The third-order valence-corrected chi connectivity index (χ3v) is 9.67. The molecule has 0 unspecified atom stereocenters. The van der Waals surface area contributed by atoms with Crippen LogP contribution in [-0.2, 0) is 18.5 Å². The zero-order valence-electron chi connectivity index (χ0n) is 28.6. The van der Waals surface area contributed by atoms with Crippen LogP contribution in [-0.4, -0.2) is 29.8 Å². The predicted molar refractivity (Wildman–Crippen MR) is 205 cm³/mol. The zero-order chi connectivity index (χ0) is 34.6. The van der Waals surface area contributed by atoms with Crippen molar-refractivity contribution in [1.29, 1.82) is 0 Å². The molecule has 250 valence electrons. The number of aryl methyl sites for hydroxylation is 1. The van der Waals surface area contributed by atoms with E-state index in [9.17, 15) is 0 Å². The van der Waals surface area contributed by atoms with Gasteiger partial charge in [-0.25, -0.2) is 4.98 Å². The molecular formula is C44H39N7. The van der Waals surface area contributed by atoms with Gasteiger partial charge in [-0.2, -0.15) is 0 Å². The van der Waals surface area contributed by atoms with Gasteiger partial charge in [0.15, 0.2) is 5.54 Å². The minimum absolute atomic E-state index is 0.560. The van der Waals surface area contributed by atoms with Gasteiger partial charge in [0.1, 0.15) is 5.82 Å². The summed E-state index contributed by atoms with van der Waals surface area (Å²) in [5, 5.41) is 14.7. The lowest BCUT2D eigenvalue weighted by Crippen LogP contribution is -2.39. The van der Waals surface area contributed by atoms with Crippen LogP contribution in [0.4, 0.5) is 5.69 Å². The lowest BCUT2D eigenvalue weighted by Gasteiger charge is -2.34. The Bertz CT molecular complexity index is 2280. The number of anilines is 1. The fourth-order valence-electron chi connectivity index (χ4n) is 7.14. The summed E-state index contributed by atoms with van der Waals surface area (Å²) in [5.74, 6) is 1.66. The third kappa shape index (κ3) is 5.97. The fraction of sp³-hybridized carbons (Fsp3) is 0.136. The van der Waals surface area contributed by atoms with Gasteiger partial charge in [0.05, 0.1) is 11.0 Å². The highest BCUT2D eigenvalue weighted by Gasteiger charge is 2.41. The lowest BCUT2D eigenvalue weighted by molar-refractivity contribution is 0.396. The second-order valence-electron chi connectivity index (χ2n) is 12.9. The Morgan fingerprint density at radius 3 is 1.84 bits per heavy atom. The van der Waals surface area contributed by atoms with Crippen LogP contribution < -0.4 is 5.73 Å². The minimum atomic E-state index is -0.843. The van der Waals surface area contributed by atoms with Crippen molar-refractivity contribution in [3.8, 4) is 22.5 Å². The molecule has 7 nitrogen and oxygen atoms in total. The molecule has 0 aliphatic heterocycles. The maximum Gasteiger partial charge on any atom is 0.205 e. The van der Waals surface area contributed by atoms with E-state index in [4.69, 9.17) is 26.1 Å². The first-order valence-corrected chi connectivity index (χ1v) is 17.6. The van der Waals surface area contributed by atoms with Crippen molar-refractivity contribution in [3.05, 3.63) is 186 Å². The van der Waals surface area contributed by atoms with Crippen LogP contribution in [0.15, 0.2) is 158 Å². The van der Waals surface area contributed by atoms with E-state index in [0.717, 1.165) is 81.7 Å². The zero-order valence-corrected chi connectivity index (χ0v) is 28.6. The summed E-state index contributed by atoms with van der Waals surface area (Å²) < 4.78 is 2.31. The maximum absolute atomic E-state index is 6.20. The van der Waals surface area contributed by atoms with Crippen molar-refractivity contribution in [2.24, 2.45) is 0 Å². The van der Waals surface area contributed by atoms with Crippen LogP contribution in [0.5, 0.6) is 0 Å². The van der Waals surface area contributed by atoms with Crippen molar-refractivity contribution in [3.63, 3.8) is 0 Å². The van der Waals surface area contributed by atoms with Crippen molar-refractivity contribution < 1.29 is 0 Å². The summed E-state index contributed by atoms with van der Waals surface area (Å²) in [7, 11) is 0. The van der Waals surface area contributed by atoms with Crippen LogP contribution in [0.3, 0.4) is 0 Å². The molecule has 0 spiro atoms. The summed E-state index contributed by atoms with van der Waals surface area (Å²) in [6.07, 6.45) is 3.15. The molecule has 8 aromatic rings. The molecule has 2 N–H and O–H groups in total. The molecule has 2 heterocycles. The van der Waals surface area contributed by atoms with E-state index in [2.05, 4.69) is 127 Å². The molecule has 8 rings (SSSR count). The number of tetrazole rings is 1. The smallest absolute Gasteiger partial charge is 0.205 e. The van der Waals surface area contributed by atoms with Crippen molar-refractivity contribution in [2.75, 3.05) is 5.73 Å². The van der Waals surface area contributed by atoms with Gasteiger partial charge in [-0.15, -0.1) is 15.0 Å². The van der Waals surface area contributed by atoms with Gasteiger partial charge in [0.25, 0.3) is 0 Å². The Morgan fingerprint density at radius 1 is 0.647 bits per heavy atom. The predicted octanol–water partition coefficient (Wildman–Crippen LogP) is 9.17. The second kappa shape index (κ2) is 13.9. The molecule has 0 bridgehead atoms. The summed E-state index contributed by atoms with van der Waals surface area (Å²) in [4.78, 5) is 6.74. The first-order valence-electron chi connectivity index (χ1n) is 17.6. The van der Waals surface area contributed by atoms with Gasteiger partial charge in [-0.1, -0.05) is 153 Å². The highest BCUT2D eigenvalue weighted by Crippen LogP contribution is 2.40. The third-order valence-electron chi connectivity index (χ3n) is 9.67. The Kier molecular flexibility index (Phi) is 8.68. The number of nitrogens with two attached hydrogens (primary N) is 1. The molecular weight excluding hydrogens is 627 g/mol. The second-order valence-corrected chi connectivity index (χ2v) is 12.9. The maximum atomic E-state index is 6.20. The van der Waals surface area contributed by atoms with Crippen molar-refractivity contribution in [1.82, 2.24) is 29.8 Å². The molecule has 2 aromatic heterocycles. The van der Waals surface area contributed by atoms with E-state index in [0.29, 0.717) is 5.82 Å². The molecule has 0 aliphatic carbocycles. The molecule has 0 fully saturated rings. The Hall–Kier alpha value is -6.34. The first kappa shape index (κ1) is 31.9. The average molecular weight is 666 g/mol. The number of hydrogen-bond donors (Lipinski definition) is 1. The summed E-state index contributed by atoms with van der Waals surface area (Å²) in [6.45, 7) is 2.93. The molecule has 0 atom stereocenters. The van der Waals surface area contributed by atoms with Gasteiger partial charge in [0, 0.05) is 24.2 Å². The summed E-state index contributed by atoms with van der Waals surface area (Å²) in [5.41, 5.74) is 15.5. The van der Waals surface area contributed by atoms with Crippen molar-refractivity contribution >= 4 is 16.7 Å². The monoisotopic (exact) mass is 665 g/mol. The Morgan fingerprint density at radius 2 is 1.24 bits per heavy atom. The molecule has 6 aromatic carbocycles. The normalized spacial score (nSPS) is 11.6. The van der Waals surface area contributed by atoms with E-state index in [1.54, 1.807) is 4.80 Å². The van der Waals surface area contributed by atoms with Crippen LogP contribution in [0.25, 0.3) is 33.5 Å². The van der Waals surface area contributed by atoms with Gasteiger partial charge < -0.3 is 10.3 Å². The van der Waals surface area contributed by atoms with Crippen LogP contribution in [0.1, 0.15) is 47.8 Å². The summed E-state index contributed by atoms with van der Waals surface area (Å²) >= 11 is 0. The Labute approximate surface area is 298 Å². The number of rotatable bonds is 11. The van der Waals surface area contributed by atoms with Gasteiger partial charge in [-0.3, -0.25) is 0 Å². The number of hydrogen-bond acceptors (Lipinski definition) is 5. The van der Waals surface area contributed by atoms with Gasteiger partial charge in [0.2, 0.25) is 5.82 Å². The topological polar surface area (TPSA) is 87.4 Å². The quantitative estimate of drug-likeness (QED) is 0.110. The van der Waals surface area contributed by atoms with Gasteiger partial charge in [-0.05, 0) is 63.2 Å². The molecule has 0 amide bonds. The minimum Gasteiger partial charge on any atom is -0.399 e. The highest BCUT2D eigenvalue weighted by molar-refractivity contribution is 5.81. The number of unbranched alkanes of at least 4 members (excludes halogenated alkanes) is 1. The van der Waals surface area contributed by atoms with E-state index >= 15 is 0 Å². The van der Waals surface area contributed by atoms with E-state index < -0.39 is 5.54 Å². The molecule has 0 saturated carbocycles. The largest absolute Gasteiger partial charge is 0.399 e. The summed E-state index contributed by atoms with van der Waals surface area (Å²) in [6, 6.07) is 54.3. The van der Waals surface area contributed by atoms with Crippen LogP contribution in [0, 0.1) is 0 Å². The molecule has 7 heteroatoms. The molecule has 0 saturated heterocycles. The average Bonchev–Trinajstić information content (AvgIpc) is 3.81. The van der Waals surface area contributed by atoms with E-state index in [1.165, 1.54) is 5.56 Å². The number of nitrogens with zero attached hydrogens (tertiary/aromatic N) is 6. The molecule has 0 radical (unpaired) electrons.